The van der Waals surface area contributed by atoms with E-state index in [2.05, 4.69) is 5.32 Å². The molecule has 2 unspecified atom stereocenters. The molecule has 0 aliphatic heterocycles. The van der Waals surface area contributed by atoms with Crippen molar-refractivity contribution in [3.05, 3.63) is 76.9 Å². The minimum atomic E-state index is -0.975. The standard InChI is InChI=1S/C24H21NO5/c1-14(30-24(29)15-7-3-2-4-8-15)23(28)25-16-11-12-19-20(13-16)22(27)18-10-6-5-9-17(18)21(19)26/h2-3,5-6,9-15H,4,7-8H2,1H3,(H,25,28). The number of carbonyl (C=O) groups is 4. The van der Waals surface area contributed by atoms with Crippen LogP contribution >= 0.6 is 0 Å². The molecule has 0 aromatic heterocycles. The second kappa shape index (κ2) is 8.06. The fraction of sp³-hybridized carbons (Fsp3) is 0.250. The summed E-state index contributed by atoms with van der Waals surface area (Å²) in [4.78, 5) is 50.2. The van der Waals surface area contributed by atoms with Crippen molar-refractivity contribution in [2.75, 3.05) is 5.32 Å². The van der Waals surface area contributed by atoms with Crippen LogP contribution in [0.5, 0.6) is 0 Å². The summed E-state index contributed by atoms with van der Waals surface area (Å²) in [6, 6.07) is 11.3. The normalized spacial score (nSPS) is 18.2. The van der Waals surface area contributed by atoms with Gasteiger partial charge in [-0.25, -0.2) is 0 Å². The van der Waals surface area contributed by atoms with Gasteiger partial charge >= 0.3 is 5.97 Å². The van der Waals surface area contributed by atoms with Crippen molar-refractivity contribution in [2.45, 2.75) is 32.3 Å². The fourth-order valence-electron chi connectivity index (χ4n) is 3.75. The topological polar surface area (TPSA) is 89.5 Å². The maximum Gasteiger partial charge on any atom is 0.310 e. The van der Waals surface area contributed by atoms with Crippen LogP contribution in [-0.4, -0.2) is 29.5 Å². The van der Waals surface area contributed by atoms with Crippen LogP contribution in [0.2, 0.25) is 0 Å². The minimum absolute atomic E-state index is 0.220. The molecule has 0 bridgehead atoms. The maximum atomic E-state index is 12.8. The third kappa shape index (κ3) is 3.68. The predicted octanol–water partition coefficient (Wildman–Crippen LogP) is 3.69. The summed E-state index contributed by atoms with van der Waals surface area (Å²) in [6.07, 6.45) is 5.16. The van der Waals surface area contributed by atoms with Gasteiger partial charge in [-0.15, -0.1) is 0 Å². The number of carbonyl (C=O) groups excluding carboxylic acids is 4. The first-order chi connectivity index (χ1) is 14.5. The number of rotatable bonds is 4. The molecule has 0 radical (unpaired) electrons. The summed E-state index contributed by atoms with van der Waals surface area (Å²) in [7, 11) is 0. The van der Waals surface area contributed by atoms with Gasteiger partial charge in [0.2, 0.25) is 0 Å². The molecule has 30 heavy (non-hydrogen) atoms. The van der Waals surface area contributed by atoms with Gasteiger partial charge in [-0.2, -0.15) is 0 Å². The first-order valence-corrected chi connectivity index (χ1v) is 9.94. The van der Waals surface area contributed by atoms with Gasteiger partial charge in [-0.05, 0) is 44.4 Å². The molecule has 2 aliphatic carbocycles. The smallest absolute Gasteiger partial charge is 0.310 e. The summed E-state index contributed by atoms with van der Waals surface area (Å²) in [5.74, 6) is -1.59. The van der Waals surface area contributed by atoms with Gasteiger partial charge in [0, 0.05) is 27.9 Å². The predicted molar refractivity (Wildman–Crippen MR) is 110 cm³/mol. The highest BCUT2D eigenvalue weighted by atomic mass is 16.5. The van der Waals surface area contributed by atoms with Crippen LogP contribution in [0.1, 0.15) is 58.0 Å². The van der Waals surface area contributed by atoms with Crippen LogP contribution in [0.3, 0.4) is 0 Å². The Hall–Kier alpha value is -3.54. The maximum absolute atomic E-state index is 12.8. The van der Waals surface area contributed by atoms with Crippen molar-refractivity contribution in [1.29, 1.82) is 0 Å². The van der Waals surface area contributed by atoms with Crippen LogP contribution in [-0.2, 0) is 14.3 Å². The van der Waals surface area contributed by atoms with Crippen molar-refractivity contribution in [3.63, 3.8) is 0 Å². The molecule has 0 heterocycles. The zero-order chi connectivity index (χ0) is 21.3. The molecular formula is C24H21NO5. The molecule has 6 heteroatoms. The molecule has 0 fully saturated rings. The zero-order valence-corrected chi connectivity index (χ0v) is 16.5. The summed E-state index contributed by atoms with van der Waals surface area (Å²) >= 11 is 0. The van der Waals surface area contributed by atoms with Crippen molar-refractivity contribution in [2.24, 2.45) is 5.92 Å². The van der Waals surface area contributed by atoms with E-state index < -0.39 is 12.0 Å². The molecule has 1 amide bonds. The van der Waals surface area contributed by atoms with Crippen molar-refractivity contribution in [3.8, 4) is 0 Å². The average molecular weight is 403 g/mol. The van der Waals surface area contributed by atoms with E-state index in [4.69, 9.17) is 4.74 Å². The number of benzene rings is 2. The van der Waals surface area contributed by atoms with E-state index in [1.807, 2.05) is 12.2 Å². The molecule has 0 spiro atoms. The Bertz CT molecular complexity index is 1080. The largest absolute Gasteiger partial charge is 0.452 e. The highest BCUT2D eigenvalue weighted by Gasteiger charge is 2.30. The first-order valence-electron chi connectivity index (χ1n) is 9.94. The number of anilines is 1. The highest BCUT2D eigenvalue weighted by molar-refractivity contribution is 6.28. The van der Waals surface area contributed by atoms with Gasteiger partial charge < -0.3 is 10.1 Å². The summed E-state index contributed by atoms with van der Waals surface area (Å²) in [6.45, 7) is 1.51. The van der Waals surface area contributed by atoms with E-state index in [1.165, 1.54) is 19.1 Å². The second-order valence-corrected chi connectivity index (χ2v) is 7.51. The second-order valence-electron chi connectivity index (χ2n) is 7.51. The van der Waals surface area contributed by atoms with Crippen LogP contribution in [0.4, 0.5) is 5.69 Å². The number of hydrogen-bond donors (Lipinski definition) is 1. The van der Waals surface area contributed by atoms with E-state index in [0.717, 1.165) is 6.42 Å². The lowest BCUT2D eigenvalue weighted by Gasteiger charge is -2.20. The quantitative estimate of drug-likeness (QED) is 0.530. The number of esters is 1. The van der Waals surface area contributed by atoms with Gasteiger partial charge in [-0.1, -0.05) is 36.4 Å². The number of allylic oxidation sites excluding steroid dienone is 2. The molecule has 2 aliphatic rings. The molecule has 6 nitrogen and oxygen atoms in total. The third-order valence-electron chi connectivity index (χ3n) is 5.46. The van der Waals surface area contributed by atoms with Crippen LogP contribution in [0.25, 0.3) is 0 Å². The van der Waals surface area contributed by atoms with Crippen LogP contribution < -0.4 is 5.32 Å². The Balaban J connectivity index is 1.47. The first kappa shape index (κ1) is 19.8. The molecule has 0 saturated heterocycles. The van der Waals surface area contributed by atoms with Gasteiger partial charge in [-0.3, -0.25) is 19.2 Å². The molecule has 2 aromatic carbocycles. The van der Waals surface area contributed by atoms with Crippen molar-refractivity contribution in [1.82, 2.24) is 0 Å². The Morgan fingerprint density at radius 2 is 1.63 bits per heavy atom. The average Bonchev–Trinajstić information content (AvgIpc) is 2.78. The SMILES string of the molecule is CC(OC(=O)C1CC=CCC1)C(=O)Nc1ccc2c(c1)C(=O)c1ccccc1C2=O. The molecular weight excluding hydrogens is 382 g/mol. The van der Waals surface area contributed by atoms with Crippen molar-refractivity contribution >= 4 is 29.1 Å². The number of fused-ring (bicyclic) bond motifs is 2. The van der Waals surface area contributed by atoms with Crippen LogP contribution in [0, 0.1) is 5.92 Å². The number of ether oxygens (including phenoxy) is 1. The fourth-order valence-corrected chi connectivity index (χ4v) is 3.75. The van der Waals surface area contributed by atoms with E-state index in [1.54, 1.807) is 30.3 Å². The van der Waals surface area contributed by atoms with E-state index in [0.29, 0.717) is 35.2 Å². The number of amides is 1. The molecule has 152 valence electrons. The molecule has 0 saturated carbocycles. The highest BCUT2D eigenvalue weighted by Crippen LogP contribution is 2.29. The molecule has 4 rings (SSSR count). The minimum Gasteiger partial charge on any atom is -0.452 e. The molecule has 2 atom stereocenters. The Labute approximate surface area is 173 Å². The zero-order valence-electron chi connectivity index (χ0n) is 16.5. The van der Waals surface area contributed by atoms with Gasteiger partial charge in [0.25, 0.3) is 5.91 Å². The molecule has 1 N–H and O–H groups in total. The third-order valence-corrected chi connectivity index (χ3v) is 5.46. The van der Waals surface area contributed by atoms with Gasteiger partial charge in [0.1, 0.15) is 0 Å². The lowest BCUT2D eigenvalue weighted by molar-refractivity contribution is -0.157. The lowest BCUT2D eigenvalue weighted by Crippen LogP contribution is -2.32. The van der Waals surface area contributed by atoms with Crippen LogP contribution in [0.15, 0.2) is 54.6 Å². The number of hydrogen-bond acceptors (Lipinski definition) is 5. The number of nitrogens with one attached hydrogen (secondary N) is 1. The summed E-state index contributed by atoms with van der Waals surface area (Å²) in [5, 5.41) is 2.67. The van der Waals surface area contributed by atoms with E-state index >= 15 is 0 Å². The van der Waals surface area contributed by atoms with E-state index in [9.17, 15) is 19.2 Å². The summed E-state index contributed by atoms with van der Waals surface area (Å²) in [5.41, 5.74) is 1.65. The van der Waals surface area contributed by atoms with E-state index in [-0.39, 0.29) is 29.0 Å². The Morgan fingerprint density at radius 1 is 0.967 bits per heavy atom. The van der Waals surface area contributed by atoms with Crippen molar-refractivity contribution < 1.29 is 23.9 Å². The Morgan fingerprint density at radius 3 is 2.30 bits per heavy atom. The van der Waals surface area contributed by atoms with Gasteiger partial charge in [0.05, 0.1) is 5.92 Å². The number of ketones is 2. The Kier molecular flexibility index (Phi) is 5.31. The lowest BCUT2D eigenvalue weighted by atomic mass is 9.84. The van der Waals surface area contributed by atoms with Gasteiger partial charge in [0.15, 0.2) is 17.7 Å². The monoisotopic (exact) mass is 403 g/mol. The molecule has 2 aromatic rings. The summed E-state index contributed by atoms with van der Waals surface area (Å²) < 4.78 is 5.32.